The summed E-state index contributed by atoms with van der Waals surface area (Å²) in [6.07, 6.45) is 6.52. The van der Waals surface area contributed by atoms with Crippen LogP contribution in [0.2, 0.25) is 0 Å². The Balaban J connectivity index is 1.63. The van der Waals surface area contributed by atoms with Crippen molar-refractivity contribution in [3.63, 3.8) is 0 Å². The van der Waals surface area contributed by atoms with Gasteiger partial charge in [-0.1, -0.05) is 0 Å². The van der Waals surface area contributed by atoms with Gasteiger partial charge < -0.3 is 0 Å². The van der Waals surface area contributed by atoms with Gasteiger partial charge in [0.2, 0.25) is 10.0 Å². The van der Waals surface area contributed by atoms with Crippen LogP contribution in [0.1, 0.15) is 12.1 Å². The molecule has 1 aliphatic heterocycles. The molecule has 5 rings (SSSR count). The second-order valence-electron chi connectivity index (χ2n) is 8.09. The van der Waals surface area contributed by atoms with Crippen LogP contribution in [0.4, 0.5) is 0 Å². The number of nitrogens with one attached hydrogen (secondary N) is 1. The zero-order chi connectivity index (χ0) is 22.5. The lowest BCUT2D eigenvalue weighted by Crippen LogP contribution is -2.64. The summed E-state index contributed by atoms with van der Waals surface area (Å²) in [5.74, 6) is 0. The number of nitrogens with zero attached hydrogens (tertiary/aromatic N) is 7. The number of hydrogen-bond donors (Lipinski definition) is 1. The number of aromatic amines is 1. The fourth-order valence-corrected chi connectivity index (χ4v) is 5.14. The van der Waals surface area contributed by atoms with E-state index < -0.39 is 15.6 Å². The van der Waals surface area contributed by atoms with Crippen molar-refractivity contribution < 1.29 is 8.42 Å². The van der Waals surface area contributed by atoms with Crippen molar-refractivity contribution in [3.05, 3.63) is 48.5 Å². The third kappa shape index (κ3) is 3.24. The van der Waals surface area contributed by atoms with Gasteiger partial charge in [0.25, 0.3) is 0 Å². The molecule has 1 aliphatic rings. The number of rotatable bonds is 5. The Morgan fingerprint density at radius 3 is 2.78 bits per heavy atom. The van der Waals surface area contributed by atoms with Crippen LogP contribution in [0.25, 0.3) is 33.5 Å². The number of fused-ring (bicyclic) bond motifs is 1. The normalized spacial score (nSPS) is 16.0. The Morgan fingerprint density at radius 2 is 2.09 bits per heavy atom. The van der Waals surface area contributed by atoms with E-state index in [0.29, 0.717) is 17.1 Å². The lowest BCUT2D eigenvalue weighted by molar-refractivity contribution is 0.0704. The zero-order valence-corrected chi connectivity index (χ0v) is 18.3. The summed E-state index contributed by atoms with van der Waals surface area (Å²) in [7, 11) is -3.33. The molecule has 1 N–H and O–H groups in total. The molecule has 0 saturated carbocycles. The van der Waals surface area contributed by atoms with Gasteiger partial charge in [0.15, 0.2) is 0 Å². The molecule has 1 saturated heterocycles. The van der Waals surface area contributed by atoms with Crippen molar-refractivity contribution in [2.75, 3.05) is 19.3 Å². The fourth-order valence-electron chi connectivity index (χ4n) is 4.19. The van der Waals surface area contributed by atoms with Gasteiger partial charge in [-0.3, -0.25) is 14.8 Å². The molecular weight excluding hydrogens is 428 g/mol. The molecule has 162 valence electrons. The van der Waals surface area contributed by atoms with Crippen LogP contribution >= 0.6 is 0 Å². The SMILES string of the molecule is Cc1cc(-c2nc(-c3cn[nH]c3)cc3ncccc23)nn1C1(CC#N)CN(S(C)(=O)=O)C1. The molecule has 0 bridgehead atoms. The first-order chi connectivity index (χ1) is 15.3. The Bertz CT molecular complexity index is 1460. The molecule has 0 unspecified atom stereocenters. The minimum absolute atomic E-state index is 0.159. The van der Waals surface area contributed by atoms with E-state index in [1.54, 1.807) is 23.3 Å². The predicted octanol–water partition coefficient (Wildman–Crippen LogP) is 2.08. The van der Waals surface area contributed by atoms with Crippen molar-refractivity contribution in [2.45, 2.75) is 18.9 Å². The van der Waals surface area contributed by atoms with Crippen LogP contribution in [0.15, 0.2) is 42.9 Å². The quantitative estimate of drug-likeness (QED) is 0.494. The van der Waals surface area contributed by atoms with E-state index >= 15 is 0 Å². The standard InChI is InChI=1S/C21H20N8O2S/c1-14-8-19(27-29(14)21(5-6-22)12-28(13-21)32(2,30)31)20-16-4-3-7-23-18(16)9-17(26-20)15-10-24-25-11-15/h3-4,7-11H,5,12-13H2,1-2H3,(H,24,25). The maximum atomic E-state index is 11.9. The number of pyridine rings is 2. The first kappa shape index (κ1) is 20.3. The third-order valence-corrected chi connectivity index (χ3v) is 6.99. The molecule has 0 aliphatic carbocycles. The van der Waals surface area contributed by atoms with E-state index in [-0.39, 0.29) is 19.5 Å². The van der Waals surface area contributed by atoms with Gasteiger partial charge >= 0.3 is 0 Å². The summed E-state index contributed by atoms with van der Waals surface area (Å²) in [6, 6.07) is 9.80. The first-order valence-corrected chi connectivity index (χ1v) is 11.8. The Morgan fingerprint density at radius 1 is 1.28 bits per heavy atom. The Kier molecular flexibility index (Phi) is 4.58. The molecule has 0 amide bonds. The smallest absolute Gasteiger partial charge is 0.211 e. The van der Waals surface area contributed by atoms with E-state index in [2.05, 4.69) is 21.3 Å². The number of sulfonamides is 1. The molecule has 0 atom stereocenters. The highest BCUT2D eigenvalue weighted by atomic mass is 32.2. The van der Waals surface area contributed by atoms with Crippen molar-refractivity contribution >= 4 is 20.9 Å². The van der Waals surface area contributed by atoms with Crippen LogP contribution in [-0.4, -0.2) is 62.0 Å². The second-order valence-corrected chi connectivity index (χ2v) is 10.1. The summed E-state index contributed by atoms with van der Waals surface area (Å²) >= 11 is 0. The van der Waals surface area contributed by atoms with Gasteiger partial charge in [0.05, 0.1) is 36.2 Å². The number of nitriles is 1. The molecule has 4 aromatic heterocycles. The van der Waals surface area contributed by atoms with Crippen molar-refractivity contribution in [3.8, 4) is 28.7 Å². The van der Waals surface area contributed by atoms with Crippen LogP contribution in [0.3, 0.4) is 0 Å². The van der Waals surface area contributed by atoms with E-state index in [1.807, 2.05) is 31.2 Å². The van der Waals surface area contributed by atoms with Crippen molar-refractivity contribution in [1.82, 2.24) is 34.3 Å². The molecular formula is C21H20N8O2S. The van der Waals surface area contributed by atoms with Crippen LogP contribution in [0.5, 0.6) is 0 Å². The molecule has 5 heterocycles. The minimum atomic E-state index is -3.33. The van der Waals surface area contributed by atoms with Crippen LogP contribution in [-0.2, 0) is 15.6 Å². The lowest BCUT2D eigenvalue weighted by atomic mass is 9.89. The first-order valence-electron chi connectivity index (χ1n) is 9.95. The predicted molar refractivity (Wildman–Crippen MR) is 118 cm³/mol. The summed E-state index contributed by atoms with van der Waals surface area (Å²) in [5, 5.41) is 21.9. The summed E-state index contributed by atoms with van der Waals surface area (Å²) in [5.41, 5.74) is 3.76. The molecule has 32 heavy (non-hydrogen) atoms. The summed E-state index contributed by atoms with van der Waals surface area (Å²) < 4.78 is 27.0. The topological polar surface area (TPSA) is 133 Å². The largest absolute Gasteiger partial charge is 0.285 e. The fraction of sp³-hybridized carbons (Fsp3) is 0.286. The van der Waals surface area contributed by atoms with E-state index in [9.17, 15) is 13.7 Å². The molecule has 4 aromatic rings. The molecule has 11 heteroatoms. The Hall–Kier alpha value is -3.62. The highest BCUT2D eigenvalue weighted by molar-refractivity contribution is 7.88. The average Bonchev–Trinajstić information content (AvgIpc) is 3.39. The van der Waals surface area contributed by atoms with Gasteiger partial charge in [0.1, 0.15) is 16.9 Å². The number of aryl methyl sites for hydroxylation is 1. The van der Waals surface area contributed by atoms with E-state index in [4.69, 9.17) is 10.1 Å². The Labute approximate surface area is 184 Å². The maximum Gasteiger partial charge on any atom is 0.211 e. The van der Waals surface area contributed by atoms with Crippen molar-refractivity contribution in [1.29, 1.82) is 5.26 Å². The van der Waals surface area contributed by atoms with Crippen LogP contribution < -0.4 is 0 Å². The highest BCUT2D eigenvalue weighted by Crippen LogP contribution is 2.37. The van der Waals surface area contributed by atoms with Gasteiger partial charge in [-0.15, -0.1) is 0 Å². The molecule has 0 aromatic carbocycles. The molecule has 0 radical (unpaired) electrons. The molecule has 1 fully saturated rings. The zero-order valence-electron chi connectivity index (χ0n) is 17.5. The summed E-state index contributed by atoms with van der Waals surface area (Å²) in [6.45, 7) is 2.33. The van der Waals surface area contributed by atoms with Crippen molar-refractivity contribution in [2.24, 2.45) is 0 Å². The number of aromatic nitrogens is 6. The van der Waals surface area contributed by atoms with Gasteiger partial charge in [-0.25, -0.2) is 13.4 Å². The third-order valence-electron chi connectivity index (χ3n) is 5.79. The van der Waals surface area contributed by atoms with Gasteiger partial charge in [0, 0.05) is 42.1 Å². The van der Waals surface area contributed by atoms with Crippen LogP contribution in [0, 0.1) is 18.3 Å². The lowest BCUT2D eigenvalue weighted by Gasteiger charge is -2.48. The highest BCUT2D eigenvalue weighted by Gasteiger charge is 2.49. The molecule has 10 nitrogen and oxygen atoms in total. The average molecular weight is 449 g/mol. The summed E-state index contributed by atoms with van der Waals surface area (Å²) in [4.78, 5) is 9.34. The molecule has 0 spiro atoms. The maximum absolute atomic E-state index is 11.9. The number of hydrogen-bond acceptors (Lipinski definition) is 7. The van der Waals surface area contributed by atoms with E-state index in [0.717, 1.165) is 22.2 Å². The second kappa shape index (κ2) is 7.22. The monoisotopic (exact) mass is 448 g/mol. The van der Waals surface area contributed by atoms with Gasteiger partial charge in [-0.05, 0) is 31.2 Å². The minimum Gasteiger partial charge on any atom is -0.285 e. The van der Waals surface area contributed by atoms with E-state index in [1.165, 1.54) is 10.6 Å². The number of H-pyrrole nitrogens is 1. The van der Waals surface area contributed by atoms with Gasteiger partial charge in [-0.2, -0.15) is 19.8 Å².